The van der Waals surface area contributed by atoms with Crippen LogP contribution in [-0.2, 0) is 9.53 Å². The van der Waals surface area contributed by atoms with E-state index in [-0.39, 0.29) is 18.2 Å². The fraction of sp³-hybridized carbons (Fsp3) is 0.957. The summed E-state index contributed by atoms with van der Waals surface area (Å²) in [5.41, 5.74) is 0.789. The first kappa shape index (κ1) is 18.8. The zero-order valence-corrected chi connectivity index (χ0v) is 17.2. The van der Waals surface area contributed by atoms with Gasteiger partial charge in [0.2, 0.25) is 0 Å². The van der Waals surface area contributed by atoms with Gasteiger partial charge in [0.15, 0.2) is 0 Å². The molecular formula is C23H38O3. The molecule has 4 rings (SSSR count). The molecule has 4 aliphatic carbocycles. The van der Waals surface area contributed by atoms with Crippen LogP contribution in [0.15, 0.2) is 0 Å². The highest BCUT2D eigenvalue weighted by molar-refractivity contribution is 5.66. The van der Waals surface area contributed by atoms with Gasteiger partial charge in [-0.15, -0.1) is 0 Å². The highest BCUT2D eigenvalue weighted by atomic mass is 16.5. The molecule has 0 radical (unpaired) electrons. The molecule has 3 heteroatoms. The van der Waals surface area contributed by atoms with E-state index in [1.165, 1.54) is 44.9 Å². The fourth-order valence-electron chi connectivity index (χ4n) is 8.39. The highest BCUT2D eigenvalue weighted by Crippen LogP contribution is 2.67. The molecule has 0 aliphatic heterocycles. The minimum Gasteiger partial charge on any atom is -0.463 e. The Hall–Kier alpha value is -0.570. The molecule has 0 saturated heterocycles. The van der Waals surface area contributed by atoms with Gasteiger partial charge in [-0.05, 0) is 105 Å². The van der Waals surface area contributed by atoms with E-state index < -0.39 is 0 Å². The molecule has 0 bridgehead atoms. The van der Waals surface area contributed by atoms with E-state index in [1.54, 1.807) is 6.92 Å². The average Bonchev–Trinajstić information content (AvgIpc) is 2.92. The fourth-order valence-corrected chi connectivity index (χ4v) is 8.39. The van der Waals surface area contributed by atoms with Crippen molar-refractivity contribution in [2.24, 2.45) is 40.4 Å². The smallest absolute Gasteiger partial charge is 0.302 e. The van der Waals surface area contributed by atoms with E-state index in [0.29, 0.717) is 16.7 Å². The van der Waals surface area contributed by atoms with Crippen molar-refractivity contribution in [2.45, 2.75) is 97.7 Å². The Bertz CT molecular complexity index is 558. The van der Waals surface area contributed by atoms with Gasteiger partial charge in [-0.3, -0.25) is 4.79 Å². The summed E-state index contributed by atoms with van der Waals surface area (Å²) in [7, 11) is 0. The predicted octanol–water partition coefficient (Wildman–Crippen LogP) is 4.96. The minimum atomic E-state index is -0.160. The van der Waals surface area contributed by atoms with Gasteiger partial charge in [-0.25, -0.2) is 0 Å². The molecule has 4 saturated carbocycles. The molecule has 0 spiro atoms. The molecule has 0 heterocycles. The second-order valence-electron chi connectivity index (χ2n) is 10.6. The monoisotopic (exact) mass is 362 g/mol. The van der Waals surface area contributed by atoms with Gasteiger partial charge in [0.05, 0.1) is 6.10 Å². The third-order valence-electron chi connectivity index (χ3n) is 9.61. The normalized spacial score (nSPS) is 51.7. The summed E-state index contributed by atoms with van der Waals surface area (Å²) in [6.07, 6.45) is 11.2. The van der Waals surface area contributed by atoms with Gasteiger partial charge in [-0.1, -0.05) is 13.8 Å². The van der Waals surface area contributed by atoms with Gasteiger partial charge in [0.1, 0.15) is 6.10 Å². The number of hydrogen-bond donors (Lipinski definition) is 1. The summed E-state index contributed by atoms with van der Waals surface area (Å²) in [5.74, 6) is 3.61. The maximum absolute atomic E-state index is 11.4. The van der Waals surface area contributed by atoms with Crippen molar-refractivity contribution in [1.29, 1.82) is 0 Å². The van der Waals surface area contributed by atoms with E-state index in [2.05, 4.69) is 13.8 Å². The van der Waals surface area contributed by atoms with E-state index in [4.69, 9.17) is 4.74 Å². The maximum Gasteiger partial charge on any atom is 0.302 e. The van der Waals surface area contributed by atoms with Crippen LogP contribution in [0.2, 0.25) is 0 Å². The number of rotatable bonds is 2. The molecular weight excluding hydrogens is 324 g/mol. The lowest BCUT2D eigenvalue weighted by Gasteiger charge is -2.61. The number of ether oxygens (including phenoxy) is 1. The van der Waals surface area contributed by atoms with Gasteiger partial charge in [-0.2, -0.15) is 0 Å². The van der Waals surface area contributed by atoms with Crippen molar-refractivity contribution in [1.82, 2.24) is 0 Å². The molecule has 0 aromatic rings. The molecule has 0 amide bonds. The topological polar surface area (TPSA) is 46.5 Å². The molecule has 1 N–H and O–H groups in total. The van der Waals surface area contributed by atoms with Crippen molar-refractivity contribution in [3.8, 4) is 0 Å². The molecule has 148 valence electrons. The number of carbonyl (C=O) groups is 1. The Morgan fingerprint density at radius 3 is 2.38 bits per heavy atom. The molecule has 3 nitrogen and oxygen atoms in total. The van der Waals surface area contributed by atoms with Crippen molar-refractivity contribution in [3.05, 3.63) is 0 Å². The number of carbonyl (C=O) groups excluding carboxylic acids is 1. The summed E-state index contributed by atoms with van der Waals surface area (Å²) in [4.78, 5) is 11.4. The van der Waals surface area contributed by atoms with Gasteiger partial charge < -0.3 is 9.84 Å². The number of hydrogen-bond acceptors (Lipinski definition) is 3. The largest absolute Gasteiger partial charge is 0.463 e. The molecule has 4 aliphatic rings. The number of aliphatic hydroxyl groups excluding tert-OH is 1. The molecule has 9 atom stereocenters. The number of esters is 1. The summed E-state index contributed by atoms with van der Waals surface area (Å²) >= 11 is 0. The van der Waals surface area contributed by atoms with Crippen LogP contribution < -0.4 is 0 Å². The van der Waals surface area contributed by atoms with Crippen LogP contribution in [-0.4, -0.2) is 23.3 Å². The lowest BCUT2D eigenvalue weighted by atomic mass is 9.44. The van der Waals surface area contributed by atoms with Crippen molar-refractivity contribution >= 4 is 5.97 Å². The van der Waals surface area contributed by atoms with Crippen molar-refractivity contribution in [2.75, 3.05) is 0 Å². The summed E-state index contributed by atoms with van der Waals surface area (Å²) < 4.78 is 5.58. The second kappa shape index (κ2) is 6.50. The Kier molecular flexibility index (Phi) is 4.69. The quantitative estimate of drug-likeness (QED) is 0.706. The van der Waals surface area contributed by atoms with Crippen LogP contribution in [0.25, 0.3) is 0 Å². The molecule has 0 aromatic heterocycles. The number of aliphatic hydroxyl groups is 1. The van der Waals surface area contributed by atoms with Crippen LogP contribution in [0.4, 0.5) is 0 Å². The standard InChI is InChI=1S/C23H38O3/c1-14(24)19-7-8-20-18-6-5-16-13-17(26-15(2)25)9-11-22(16,3)21(18)10-12-23(19,20)4/h14,16-21,24H,5-13H2,1-4H3/t14-,16-,17-,18-,19?,20-,21-,22-,23+/m0/s1. The van der Waals surface area contributed by atoms with Crippen LogP contribution in [0.3, 0.4) is 0 Å². The highest BCUT2D eigenvalue weighted by Gasteiger charge is 2.60. The summed E-state index contributed by atoms with van der Waals surface area (Å²) in [6, 6.07) is 0. The summed E-state index contributed by atoms with van der Waals surface area (Å²) in [5, 5.41) is 10.4. The van der Waals surface area contributed by atoms with Crippen molar-refractivity contribution in [3.63, 3.8) is 0 Å². The first-order valence-corrected chi connectivity index (χ1v) is 11.1. The Balaban J connectivity index is 1.53. The molecule has 1 unspecified atom stereocenters. The Morgan fingerprint density at radius 2 is 1.69 bits per heavy atom. The van der Waals surface area contributed by atoms with Gasteiger partial charge in [0.25, 0.3) is 0 Å². The third-order valence-corrected chi connectivity index (χ3v) is 9.61. The van der Waals surface area contributed by atoms with Crippen LogP contribution >= 0.6 is 0 Å². The third kappa shape index (κ3) is 2.75. The first-order chi connectivity index (χ1) is 12.3. The molecule has 0 aromatic carbocycles. The molecule has 26 heavy (non-hydrogen) atoms. The lowest BCUT2D eigenvalue weighted by Crippen LogP contribution is -2.54. The van der Waals surface area contributed by atoms with E-state index in [9.17, 15) is 9.90 Å². The maximum atomic E-state index is 11.4. The molecule has 4 fully saturated rings. The van der Waals surface area contributed by atoms with Gasteiger partial charge in [0, 0.05) is 6.92 Å². The lowest BCUT2D eigenvalue weighted by molar-refractivity contribution is -0.161. The van der Waals surface area contributed by atoms with E-state index >= 15 is 0 Å². The minimum absolute atomic E-state index is 0.115. The Morgan fingerprint density at radius 1 is 1.00 bits per heavy atom. The zero-order chi connectivity index (χ0) is 18.7. The van der Waals surface area contributed by atoms with Crippen LogP contribution in [0.1, 0.15) is 85.5 Å². The van der Waals surface area contributed by atoms with E-state index in [0.717, 1.165) is 36.5 Å². The average molecular weight is 363 g/mol. The van der Waals surface area contributed by atoms with Crippen molar-refractivity contribution < 1.29 is 14.6 Å². The SMILES string of the molecule is CC(=O)O[C@H]1CC[C@@]2(C)[C@@H](CC[C@@H]3[C@@H]2CC[C@]2(C)C([C@H](C)O)CC[C@@H]32)C1. The van der Waals surface area contributed by atoms with Crippen LogP contribution in [0, 0.1) is 40.4 Å². The number of fused-ring (bicyclic) bond motifs is 5. The first-order valence-electron chi connectivity index (χ1n) is 11.1. The Labute approximate surface area is 159 Å². The van der Waals surface area contributed by atoms with Crippen LogP contribution in [0.5, 0.6) is 0 Å². The summed E-state index contributed by atoms with van der Waals surface area (Å²) in [6.45, 7) is 8.61. The van der Waals surface area contributed by atoms with E-state index in [1.807, 2.05) is 6.92 Å². The zero-order valence-electron chi connectivity index (χ0n) is 17.2. The second-order valence-corrected chi connectivity index (χ2v) is 10.6. The predicted molar refractivity (Wildman–Crippen MR) is 102 cm³/mol. The van der Waals surface area contributed by atoms with Gasteiger partial charge >= 0.3 is 5.97 Å².